The second-order valence-corrected chi connectivity index (χ2v) is 9.40. The number of anilines is 1. The molecular weight excluding hydrogens is 484 g/mol. The standard InChI is InChI=1S/C17H26N4O2.C12H10O3/c1-4-23-10-15-20-14(9-18)16(21(15)11-17(2,3)22)12-7-5-6-8-13(12)19;1-15-12(14)10-7-6-8-4-2-3-5-9(8)11(10)13/h5-8,22H,4,9-11,18-19H2,1-3H3;2-7,13H,1H3/p+1. The summed E-state index contributed by atoms with van der Waals surface area (Å²) in [6, 6.07) is 18.3. The van der Waals surface area contributed by atoms with Crippen LogP contribution >= 0.6 is 0 Å². The van der Waals surface area contributed by atoms with E-state index in [1.54, 1.807) is 32.0 Å². The number of imidazole rings is 1. The highest BCUT2D eigenvalue weighted by atomic mass is 16.5. The summed E-state index contributed by atoms with van der Waals surface area (Å²) in [6.07, 6.45) is 0. The number of H-pyrrole nitrogens is 1. The number of aromatic amines is 1. The molecule has 0 unspecified atom stereocenters. The number of carbonyl (C=O) groups excluding carboxylic acids is 1. The van der Waals surface area contributed by atoms with Crippen molar-refractivity contribution in [3.05, 3.63) is 77.7 Å². The number of hydrogen-bond donors (Lipinski definition) is 5. The predicted molar refractivity (Wildman–Crippen MR) is 147 cm³/mol. The number of phenolic OH excluding ortho intramolecular Hbond substituents is 1. The van der Waals surface area contributed by atoms with Crippen LogP contribution in [0.15, 0.2) is 60.7 Å². The fraction of sp³-hybridized carbons (Fsp3) is 0.310. The van der Waals surface area contributed by atoms with Gasteiger partial charge in [-0.05, 0) is 44.4 Å². The van der Waals surface area contributed by atoms with Crippen molar-refractivity contribution in [1.29, 1.82) is 0 Å². The number of aromatic hydroxyl groups is 1. The summed E-state index contributed by atoms with van der Waals surface area (Å²) < 4.78 is 12.1. The predicted octanol–water partition coefficient (Wildman–Crippen LogP) is 3.65. The van der Waals surface area contributed by atoms with Gasteiger partial charge >= 0.3 is 5.97 Å². The van der Waals surface area contributed by atoms with Crippen molar-refractivity contribution >= 4 is 22.4 Å². The minimum Gasteiger partial charge on any atom is -0.506 e. The minimum atomic E-state index is -0.877. The summed E-state index contributed by atoms with van der Waals surface area (Å²) in [7, 11) is 1.29. The molecule has 0 aliphatic carbocycles. The van der Waals surface area contributed by atoms with Crippen LogP contribution in [-0.4, -0.2) is 40.5 Å². The number of carbonyl (C=O) groups is 1. The van der Waals surface area contributed by atoms with E-state index in [1.165, 1.54) is 7.11 Å². The van der Waals surface area contributed by atoms with Crippen LogP contribution in [0, 0.1) is 0 Å². The van der Waals surface area contributed by atoms with Gasteiger partial charge in [0.1, 0.15) is 24.5 Å². The average molecular weight is 522 g/mol. The van der Waals surface area contributed by atoms with E-state index in [1.807, 2.05) is 54.0 Å². The lowest BCUT2D eigenvalue weighted by atomic mass is 10.1. The van der Waals surface area contributed by atoms with Crippen molar-refractivity contribution in [3.8, 4) is 17.0 Å². The van der Waals surface area contributed by atoms with Crippen LogP contribution in [0.25, 0.3) is 22.0 Å². The first-order chi connectivity index (χ1) is 18.1. The van der Waals surface area contributed by atoms with Crippen LogP contribution in [0.2, 0.25) is 0 Å². The third-order valence-electron chi connectivity index (χ3n) is 5.89. The molecule has 3 aromatic carbocycles. The molecule has 202 valence electrons. The number of nitrogens with one attached hydrogen (secondary N) is 1. The van der Waals surface area contributed by atoms with Crippen molar-refractivity contribution in [2.45, 2.75) is 46.1 Å². The monoisotopic (exact) mass is 521 g/mol. The molecule has 0 saturated carbocycles. The van der Waals surface area contributed by atoms with E-state index in [-0.39, 0.29) is 11.3 Å². The summed E-state index contributed by atoms with van der Waals surface area (Å²) in [5.41, 5.74) is 14.8. The zero-order valence-electron chi connectivity index (χ0n) is 22.3. The molecule has 0 aliphatic heterocycles. The second kappa shape index (κ2) is 12.6. The van der Waals surface area contributed by atoms with Gasteiger partial charge in [0.05, 0.1) is 19.3 Å². The van der Waals surface area contributed by atoms with Gasteiger partial charge in [0.25, 0.3) is 5.82 Å². The third-order valence-corrected chi connectivity index (χ3v) is 5.89. The fourth-order valence-electron chi connectivity index (χ4n) is 4.17. The van der Waals surface area contributed by atoms with Crippen LogP contribution in [0.3, 0.4) is 0 Å². The average Bonchev–Trinajstić information content (AvgIpc) is 3.23. The van der Waals surface area contributed by atoms with Crippen molar-refractivity contribution in [2.75, 3.05) is 19.5 Å². The van der Waals surface area contributed by atoms with Gasteiger partial charge in [0.15, 0.2) is 11.4 Å². The number of nitrogen functional groups attached to an aromatic ring is 1. The van der Waals surface area contributed by atoms with Crippen LogP contribution < -0.4 is 16.0 Å². The molecule has 0 fully saturated rings. The Kier molecular flexibility index (Phi) is 9.46. The maximum Gasteiger partial charge on any atom is 0.341 e. The number of benzene rings is 3. The molecule has 1 heterocycles. The number of rotatable bonds is 8. The number of aromatic nitrogens is 2. The van der Waals surface area contributed by atoms with Gasteiger partial charge in [0, 0.05) is 23.2 Å². The molecule has 9 nitrogen and oxygen atoms in total. The molecule has 0 amide bonds. The highest BCUT2D eigenvalue weighted by Gasteiger charge is 2.30. The number of nitrogens with two attached hydrogens (primary N) is 2. The smallest absolute Gasteiger partial charge is 0.341 e. The lowest BCUT2D eigenvalue weighted by Crippen LogP contribution is -2.48. The first-order valence-corrected chi connectivity index (χ1v) is 12.4. The highest BCUT2D eigenvalue weighted by molar-refractivity contribution is 6.01. The quantitative estimate of drug-likeness (QED) is 0.135. The molecule has 1 aromatic heterocycles. The van der Waals surface area contributed by atoms with Gasteiger partial charge < -0.3 is 31.2 Å². The number of esters is 1. The lowest BCUT2D eigenvalue weighted by Gasteiger charge is -2.17. The Balaban J connectivity index is 0.000000230. The number of nitrogens with zero attached hydrogens (tertiary/aromatic N) is 1. The maximum absolute atomic E-state index is 11.3. The molecule has 4 rings (SSSR count). The van der Waals surface area contributed by atoms with E-state index in [0.29, 0.717) is 37.4 Å². The molecule has 0 atom stereocenters. The summed E-state index contributed by atoms with van der Waals surface area (Å²) in [4.78, 5) is 14.6. The summed E-state index contributed by atoms with van der Waals surface area (Å²) in [5, 5.41) is 21.7. The van der Waals surface area contributed by atoms with E-state index < -0.39 is 11.6 Å². The summed E-state index contributed by atoms with van der Waals surface area (Å²) in [5.74, 6) is 0.311. The molecule has 0 radical (unpaired) electrons. The molecule has 0 saturated heterocycles. The van der Waals surface area contributed by atoms with E-state index in [2.05, 4.69) is 9.72 Å². The van der Waals surface area contributed by atoms with Crippen molar-refractivity contribution < 1.29 is 29.0 Å². The van der Waals surface area contributed by atoms with E-state index in [0.717, 1.165) is 28.2 Å². The summed E-state index contributed by atoms with van der Waals surface area (Å²) in [6.45, 7) is 7.30. The number of aliphatic hydroxyl groups is 1. The minimum absolute atomic E-state index is 0.0278. The molecule has 0 aliphatic rings. The molecular formula is C29H37N4O5+. The number of para-hydroxylation sites is 1. The SMILES string of the molecule is CCOCc1[nH]c(CN)c(-c2ccccc2N)[n+]1CC(C)(C)O.COC(=O)c1ccc2ccccc2c1O. The Morgan fingerprint density at radius 1 is 1.08 bits per heavy atom. The number of methoxy groups -OCH3 is 1. The Morgan fingerprint density at radius 3 is 2.39 bits per heavy atom. The first-order valence-electron chi connectivity index (χ1n) is 12.4. The molecule has 7 N–H and O–H groups in total. The van der Waals surface area contributed by atoms with E-state index in [9.17, 15) is 15.0 Å². The lowest BCUT2D eigenvalue weighted by molar-refractivity contribution is -0.706. The number of hydrogen-bond acceptors (Lipinski definition) is 7. The first kappa shape index (κ1) is 28.6. The van der Waals surface area contributed by atoms with Gasteiger partial charge in [-0.3, -0.25) is 0 Å². The molecule has 38 heavy (non-hydrogen) atoms. The van der Waals surface area contributed by atoms with Crippen LogP contribution in [0.4, 0.5) is 5.69 Å². The Morgan fingerprint density at radius 2 is 1.76 bits per heavy atom. The van der Waals surface area contributed by atoms with Crippen LogP contribution in [-0.2, 0) is 29.2 Å². The Labute approximate surface area is 222 Å². The number of fused-ring (bicyclic) bond motifs is 1. The number of ether oxygens (including phenoxy) is 2. The van der Waals surface area contributed by atoms with Gasteiger partial charge in [-0.1, -0.05) is 42.5 Å². The third kappa shape index (κ3) is 6.69. The molecule has 0 spiro atoms. The van der Waals surface area contributed by atoms with Gasteiger partial charge in [-0.2, -0.15) is 0 Å². The van der Waals surface area contributed by atoms with E-state index >= 15 is 0 Å². The Hall–Kier alpha value is -3.92. The number of phenols is 1. The molecule has 0 bridgehead atoms. The summed E-state index contributed by atoms with van der Waals surface area (Å²) >= 11 is 0. The van der Waals surface area contributed by atoms with Gasteiger partial charge in [-0.15, -0.1) is 0 Å². The van der Waals surface area contributed by atoms with Gasteiger partial charge in [-0.25, -0.2) is 14.3 Å². The van der Waals surface area contributed by atoms with Gasteiger partial charge in [0.2, 0.25) is 0 Å². The van der Waals surface area contributed by atoms with Crippen molar-refractivity contribution in [2.24, 2.45) is 5.73 Å². The zero-order chi connectivity index (χ0) is 27.9. The van der Waals surface area contributed by atoms with Crippen LogP contribution in [0.5, 0.6) is 5.75 Å². The zero-order valence-corrected chi connectivity index (χ0v) is 22.3. The Bertz CT molecular complexity index is 1390. The van der Waals surface area contributed by atoms with Crippen molar-refractivity contribution in [1.82, 2.24) is 4.98 Å². The maximum atomic E-state index is 11.3. The fourth-order valence-corrected chi connectivity index (χ4v) is 4.17. The molecule has 9 heteroatoms. The van der Waals surface area contributed by atoms with Crippen LogP contribution in [0.1, 0.15) is 42.6 Å². The van der Waals surface area contributed by atoms with E-state index in [4.69, 9.17) is 16.2 Å². The highest BCUT2D eigenvalue weighted by Crippen LogP contribution is 2.29. The largest absolute Gasteiger partial charge is 0.506 e. The topological polar surface area (TPSA) is 148 Å². The molecule has 4 aromatic rings. The second-order valence-electron chi connectivity index (χ2n) is 9.40. The van der Waals surface area contributed by atoms with Crippen molar-refractivity contribution in [3.63, 3.8) is 0 Å². The normalized spacial score (nSPS) is 11.2.